The van der Waals surface area contributed by atoms with Crippen LogP contribution in [0, 0.1) is 10.8 Å². The normalized spacial score (nSPS) is 13.4. The van der Waals surface area contributed by atoms with Crippen molar-refractivity contribution < 1.29 is 23.9 Å². The molecule has 0 aromatic heterocycles. The molecule has 2 aromatic carbocycles. The molecule has 0 amide bonds. The van der Waals surface area contributed by atoms with E-state index in [0.717, 1.165) is 0 Å². The van der Waals surface area contributed by atoms with E-state index in [9.17, 15) is 14.4 Å². The molecular weight excluding hydrogens is 468 g/mol. The first-order chi connectivity index (χ1) is 17.1. The minimum Gasteiger partial charge on any atom is -0.469 e. The zero-order valence-electron chi connectivity index (χ0n) is 24.1. The van der Waals surface area contributed by atoms with Crippen molar-refractivity contribution in [3.05, 3.63) is 71.8 Å². The molecule has 3 atom stereocenters. The van der Waals surface area contributed by atoms with E-state index in [2.05, 4.69) is 29.1 Å². The number of hydrogen-bond donors (Lipinski definition) is 2. The second kappa shape index (κ2) is 15.9. The fourth-order valence-corrected chi connectivity index (χ4v) is 3.02. The van der Waals surface area contributed by atoms with Gasteiger partial charge in [0.05, 0.1) is 19.6 Å². The number of benzene rings is 2. The summed E-state index contributed by atoms with van der Waals surface area (Å²) in [4.78, 5) is 33.3. The van der Waals surface area contributed by atoms with Gasteiger partial charge < -0.3 is 20.5 Å². The quantitative estimate of drug-likeness (QED) is 0.358. The maximum Gasteiger partial charge on any atom is 0.318 e. The molecule has 0 unspecified atom stereocenters. The lowest BCUT2D eigenvalue weighted by Gasteiger charge is -2.32. The summed E-state index contributed by atoms with van der Waals surface area (Å²) in [6, 6.07) is 20.6. The molecule has 0 fully saturated rings. The van der Waals surface area contributed by atoms with Gasteiger partial charge in [-0.05, 0) is 66.5 Å². The Morgan fingerprint density at radius 3 is 1.46 bits per heavy atom. The van der Waals surface area contributed by atoms with Crippen molar-refractivity contribution in [3.63, 3.8) is 0 Å². The third-order valence-corrected chi connectivity index (χ3v) is 6.49. The smallest absolute Gasteiger partial charge is 0.318 e. The third kappa shape index (κ3) is 11.3. The van der Waals surface area contributed by atoms with Gasteiger partial charge >= 0.3 is 11.9 Å². The first-order valence-electron chi connectivity index (χ1n) is 12.4. The van der Waals surface area contributed by atoms with Crippen LogP contribution < -0.4 is 11.1 Å². The fraction of sp³-hybridized carbons (Fsp3) is 0.500. The van der Waals surface area contributed by atoms with Gasteiger partial charge in [0, 0.05) is 18.1 Å². The fourth-order valence-electron chi connectivity index (χ4n) is 3.02. The molecule has 3 N–H and O–H groups in total. The molecule has 0 spiro atoms. The average molecular weight is 515 g/mol. The highest BCUT2D eigenvalue weighted by atomic mass is 16.5. The van der Waals surface area contributed by atoms with E-state index in [1.807, 2.05) is 76.2 Å². The molecule has 0 bridgehead atoms. The van der Waals surface area contributed by atoms with Crippen LogP contribution in [0.3, 0.4) is 0 Å². The number of nitrogens with one attached hydrogen (secondary N) is 1. The van der Waals surface area contributed by atoms with Crippen molar-refractivity contribution in [3.8, 4) is 0 Å². The van der Waals surface area contributed by atoms with Gasteiger partial charge in [0.2, 0.25) is 0 Å². The summed E-state index contributed by atoms with van der Waals surface area (Å²) in [5, 5.41) is 3.45. The van der Waals surface area contributed by atoms with Crippen LogP contribution >= 0.6 is 0 Å². The predicted octanol–water partition coefficient (Wildman–Crippen LogP) is 5.41. The number of esters is 2. The maximum absolute atomic E-state index is 11.7. The van der Waals surface area contributed by atoms with Gasteiger partial charge in [-0.25, -0.2) is 0 Å². The van der Waals surface area contributed by atoms with E-state index in [1.54, 1.807) is 13.8 Å². The van der Waals surface area contributed by atoms with Crippen molar-refractivity contribution in [2.75, 3.05) is 14.2 Å². The highest BCUT2D eigenvalue weighted by molar-refractivity contribution is 6.01. The van der Waals surface area contributed by atoms with E-state index in [0.29, 0.717) is 0 Å². The van der Waals surface area contributed by atoms with Crippen LogP contribution in [0.15, 0.2) is 60.7 Å². The number of methoxy groups -OCH3 is 2. The summed E-state index contributed by atoms with van der Waals surface area (Å²) < 4.78 is 9.26. The van der Waals surface area contributed by atoms with Gasteiger partial charge in [-0.15, -0.1) is 0 Å². The van der Waals surface area contributed by atoms with Crippen molar-refractivity contribution in [1.82, 2.24) is 5.32 Å². The zero-order chi connectivity index (χ0) is 28.8. The molecule has 2 aromatic rings. The average Bonchev–Trinajstić information content (AvgIpc) is 2.89. The second-order valence-electron chi connectivity index (χ2n) is 10.1. The maximum atomic E-state index is 11.7. The van der Waals surface area contributed by atoms with Crippen LogP contribution in [0.25, 0.3) is 0 Å². The van der Waals surface area contributed by atoms with E-state index in [-0.39, 0.29) is 29.9 Å². The monoisotopic (exact) mass is 514 g/mol. The minimum atomic E-state index is -0.991. The Hall–Kier alpha value is -3.03. The van der Waals surface area contributed by atoms with Crippen LogP contribution in [0.1, 0.15) is 78.6 Å². The Balaban J connectivity index is 0.000000577. The number of ether oxygens (including phenoxy) is 2. The Kier molecular flexibility index (Phi) is 14.6. The van der Waals surface area contributed by atoms with Gasteiger partial charge in [0.1, 0.15) is 11.2 Å². The largest absolute Gasteiger partial charge is 0.469 e. The Bertz CT molecular complexity index is 956. The second-order valence-corrected chi connectivity index (χ2v) is 10.1. The molecule has 0 radical (unpaired) electrons. The van der Waals surface area contributed by atoms with Gasteiger partial charge in [-0.3, -0.25) is 14.4 Å². The van der Waals surface area contributed by atoms with Crippen LogP contribution in [0.5, 0.6) is 0 Å². The lowest BCUT2D eigenvalue weighted by atomic mass is 9.85. The van der Waals surface area contributed by atoms with Crippen LogP contribution in [-0.2, 0) is 23.9 Å². The lowest BCUT2D eigenvalue weighted by molar-refractivity contribution is -0.155. The molecule has 7 nitrogen and oxygen atoms in total. The van der Waals surface area contributed by atoms with Gasteiger partial charge in [0.25, 0.3) is 0 Å². The summed E-state index contributed by atoms with van der Waals surface area (Å²) >= 11 is 0. The van der Waals surface area contributed by atoms with Crippen molar-refractivity contribution in [2.45, 2.75) is 73.5 Å². The standard InChI is InChI=1S/C15H23NO2.C8H11N.C7H12O3/c1-11(13-9-7-6-8-10-13)16-12(2)15(3,4)14(17)18-5;1-7(9)8-5-3-2-4-6-8;1-5(8)7(2,3)6(9)10-4/h6-12,16H,1-5H3;2-7H,9H2,1H3;1-4H3/t11-,12-;7-;/m11./s1. The van der Waals surface area contributed by atoms with E-state index in [4.69, 9.17) is 10.5 Å². The number of carbonyl (C=O) groups is 3. The molecule has 0 saturated heterocycles. The number of carbonyl (C=O) groups excluding carboxylic acids is 3. The molecule has 7 heteroatoms. The molecule has 2 rings (SSSR count). The molecule has 37 heavy (non-hydrogen) atoms. The number of ketones is 1. The third-order valence-electron chi connectivity index (χ3n) is 6.49. The first kappa shape index (κ1) is 34.0. The van der Waals surface area contributed by atoms with Crippen molar-refractivity contribution in [1.29, 1.82) is 0 Å². The molecule has 0 heterocycles. The summed E-state index contributed by atoms with van der Waals surface area (Å²) in [6.07, 6.45) is 0. The summed E-state index contributed by atoms with van der Waals surface area (Å²) in [5.74, 6) is -0.859. The van der Waals surface area contributed by atoms with Crippen LogP contribution in [0.2, 0.25) is 0 Å². The van der Waals surface area contributed by atoms with Crippen LogP contribution in [-0.4, -0.2) is 38.0 Å². The Morgan fingerprint density at radius 1 is 0.757 bits per heavy atom. The summed E-state index contributed by atoms with van der Waals surface area (Å²) in [6.45, 7) is 14.3. The molecule has 0 aliphatic heterocycles. The van der Waals surface area contributed by atoms with Gasteiger partial charge in [0.15, 0.2) is 0 Å². The molecule has 0 saturated carbocycles. The number of Topliss-reactive ketones (excluding diaryl/α,β-unsaturated/α-hetero) is 1. The van der Waals surface area contributed by atoms with Gasteiger partial charge in [-0.2, -0.15) is 0 Å². The topological polar surface area (TPSA) is 108 Å². The summed E-state index contributed by atoms with van der Waals surface area (Å²) in [5.41, 5.74) is 6.48. The van der Waals surface area contributed by atoms with Crippen molar-refractivity contribution >= 4 is 17.7 Å². The first-order valence-corrected chi connectivity index (χ1v) is 12.4. The predicted molar refractivity (Wildman–Crippen MR) is 149 cm³/mol. The number of nitrogens with two attached hydrogens (primary N) is 1. The lowest BCUT2D eigenvalue weighted by Crippen LogP contribution is -2.46. The number of rotatable bonds is 8. The minimum absolute atomic E-state index is 0.0279. The van der Waals surface area contributed by atoms with E-state index >= 15 is 0 Å². The number of hydrogen-bond acceptors (Lipinski definition) is 7. The zero-order valence-corrected chi connectivity index (χ0v) is 24.1. The molecule has 206 valence electrons. The van der Waals surface area contributed by atoms with E-state index in [1.165, 1.54) is 32.3 Å². The Morgan fingerprint density at radius 2 is 1.16 bits per heavy atom. The molecule has 0 aliphatic rings. The van der Waals surface area contributed by atoms with Gasteiger partial charge in [-0.1, -0.05) is 60.7 Å². The summed E-state index contributed by atoms with van der Waals surface area (Å²) in [7, 11) is 2.70. The highest BCUT2D eigenvalue weighted by Gasteiger charge is 2.35. The molecule has 0 aliphatic carbocycles. The highest BCUT2D eigenvalue weighted by Crippen LogP contribution is 2.25. The molecular formula is C30H46N2O5. The van der Waals surface area contributed by atoms with E-state index < -0.39 is 16.8 Å². The van der Waals surface area contributed by atoms with Crippen molar-refractivity contribution in [2.24, 2.45) is 16.6 Å². The SMILES string of the molecule is COC(=O)C(C)(C)C(C)=O.COC(=O)C(C)(C)[C@@H](C)N[C@H](C)c1ccccc1.C[C@@H](N)c1ccccc1. The Labute approximate surface area is 223 Å². The van der Waals surface area contributed by atoms with Crippen LogP contribution in [0.4, 0.5) is 0 Å².